The average molecular weight is 292 g/mol. The quantitative estimate of drug-likeness (QED) is 0.841. The molecule has 0 saturated heterocycles. The van der Waals surface area contributed by atoms with Crippen molar-refractivity contribution in [2.45, 2.75) is 24.8 Å². The second-order valence-corrected chi connectivity index (χ2v) is 5.86. The van der Waals surface area contributed by atoms with E-state index in [9.17, 15) is 22.0 Å². The summed E-state index contributed by atoms with van der Waals surface area (Å²) in [6.45, 7) is 2.91. The largest absolute Gasteiger partial charge is 0.353 e. The molecule has 2 N–H and O–H groups in total. The summed E-state index contributed by atoms with van der Waals surface area (Å²) in [4.78, 5) is 10.6. The van der Waals surface area contributed by atoms with Crippen LogP contribution in [0.15, 0.2) is 23.1 Å². The molecule has 0 spiro atoms. The SMILES string of the molecule is CC(C)NC(=O)CNS(=O)(=O)c1ccc(F)cc1F. The summed E-state index contributed by atoms with van der Waals surface area (Å²) < 4.78 is 51.3. The van der Waals surface area contributed by atoms with E-state index in [0.717, 1.165) is 12.1 Å². The minimum absolute atomic E-state index is 0.139. The maximum absolute atomic E-state index is 13.3. The maximum Gasteiger partial charge on any atom is 0.243 e. The number of hydrogen-bond donors (Lipinski definition) is 2. The zero-order valence-electron chi connectivity index (χ0n) is 10.4. The van der Waals surface area contributed by atoms with Gasteiger partial charge in [0.2, 0.25) is 15.9 Å². The average Bonchev–Trinajstić information content (AvgIpc) is 2.25. The topological polar surface area (TPSA) is 75.3 Å². The van der Waals surface area contributed by atoms with Gasteiger partial charge in [-0.3, -0.25) is 4.79 Å². The van der Waals surface area contributed by atoms with Crippen molar-refractivity contribution in [3.8, 4) is 0 Å². The van der Waals surface area contributed by atoms with Gasteiger partial charge in [-0.15, -0.1) is 0 Å². The fraction of sp³-hybridized carbons (Fsp3) is 0.364. The highest BCUT2D eigenvalue weighted by atomic mass is 32.2. The lowest BCUT2D eigenvalue weighted by Gasteiger charge is -2.10. The van der Waals surface area contributed by atoms with Crippen LogP contribution in [-0.4, -0.2) is 26.9 Å². The first-order chi connectivity index (χ1) is 8.72. The number of carbonyl (C=O) groups excluding carboxylic acids is 1. The third-order valence-corrected chi connectivity index (χ3v) is 3.49. The molecular weight excluding hydrogens is 278 g/mol. The van der Waals surface area contributed by atoms with Crippen LogP contribution in [-0.2, 0) is 14.8 Å². The second kappa shape index (κ2) is 6.07. The van der Waals surface area contributed by atoms with E-state index in [1.54, 1.807) is 13.8 Å². The molecular formula is C11H14F2N2O3S. The van der Waals surface area contributed by atoms with Crippen LogP contribution in [0.25, 0.3) is 0 Å². The Morgan fingerprint density at radius 1 is 1.32 bits per heavy atom. The van der Waals surface area contributed by atoms with Crippen molar-refractivity contribution in [1.82, 2.24) is 10.0 Å². The van der Waals surface area contributed by atoms with Crippen LogP contribution < -0.4 is 10.0 Å². The number of nitrogens with one attached hydrogen (secondary N) is 2. The lowest BCUT2D eigenvalue weighted by molar-refractivity contribution is -0.120. The molecule has 1 amide bonds. The molecule has 5 nitrogen and oxygen atoms in total. The van der Waals surface area contributed by atoms with Crippen LogP contribution in [0, 0.1) is 11.6 Å². The van der Waals surface area contributed by atoms with E-state index in [2.05, 4.69) is 5.32 Å². The van der Waals surface area contributed by atoms with E-state index in [1.165, 1.54) is 0 Å². The molecule has 0 aliphatic rings. The molecule has 0 radical (unpaired) electrons. The Balaban J connectivity index is 2.79. The molecule has 0 atom stereocenters. The zero-order valence-corrected chi connectivity index (χ0v) is 11.2. The normalized spacial score (nSPS) is 11.6. The first kappa shape index (κ1) is 15.5. The fourth-order valence-corrected chi connectivity index (χ4v) is 2.34. The lowest BCUT2D eigenvalue weighted by Crippen LogP contribution is -2.39. The van der Waals surface area contributed by atoms with Gasteiger partial charge in [0.05, 0.1) is 6.54 Å². The number of sulfonamides is 1. The van der Waals surface area contributed by atoms with Crippen molar-refractivity contribution < 1.29 is 22.0 Å². The van der Waals surface area contributed by atoms with Gasteiger partial charge in [0, 0.05) is 12.1 Å². The van der Waals surface area contributed by atoms with Crippen molar-refractivity contribution in [3.63, 3.8) is 0 Å². The Hall–Kier alpha value is -1.54. The number of rotatable bonds is 5. The van der Waals surface area contributed by atoms with Crippen molar-refractivity contribution in [2.24, 2.45) is 0 Å². The van der Waals surface area contributed by atoms with Gasteiger partial charge in [-0.05, 0) is 26.0 Å². The van der Waals surface area contributed by atoms with Crippen LogP contribution in [0.2, 0.25) is 0 Å². The number of carbonyl (C=O) groups is 1. The van der Waals surface area contributed by atoms with E-state index < -0.39 is 39.0 Å². The first-order valence-corrected chi connectivity index (χ1v) is 6.95. The Bertz CT molecular complexity index is 573. The summed E-state index contributed by atoms with van der Waals surface area (Å²) in [7, 11) is -4.19. The molecule has 1 aromatic rings. The Kier molecular flexibility index (Phi) is 4.96. The first-order valence-electron chi connectivity index (χ1n) is 5.46. The molecule has 0 saturated carbocycles. The number of amides is 1. The molecule has 0 unspecified atom stereocenters. The molecule has 0 aliphatic heterocycles. The molecule has 0 fully saturated rings. The van der Waals surface area contributed by atoms with Crippen LogP contribution in [0.5, 0.6) is 0 Å². The highest BCUT2D eigenvalue weighted by Crippen LogP contribution is 2.14. The van der Waals surface area contributed by atoms with E-state index >= 15 is 0 Å². The third kappa shape index (κ3) is 4.56. The van der Waals surface area contributed by atoms with Gasteiger partial charge in [-0.2, -0.15) is 0 Å². The molecule has 0 bridgehead atoms. The van der Waals surface area contributed by atoms with E-state index in [1.807, 2.05) is 4.72 Å². The lowest BCUT2D eigenvalue weighted by atomic mass is 10.3. The van der Waals surface area contributed by atoms with E-state index in [-0.39, 0.29) is 6.04 Å². The minimum atomic E-state index is -4.19. The van der Waals surface area contributed by atoms with Crippen LogP contribution >= 0.6 is 0 Å². The van der Waals surface area contributed by atoms with E-state index in [4.69, 9.17) is 0 Å². The van der Waals surface area contributed by atoms with Gasteiger partial charge in [0.1, 0.15) is 16.5 Å². The van der Waals surface area contributed by atoms with E-state index in [0.29, 0.717) is 6.07 Å². The second-order valence-electron chi connectivity index (χ2n) is 4.12. The van der Waals surface area contributed by atoms with Gasteiger partial charge in [-0.25, -0.2) is 21.9 Å². The molecule has 1 rings (SSSR count). The Labute approximate surface area is 110 Å². The summed E-state index contributed by atoms with van der Waals surface area (Å²) in [6.07, 6.45) is 0. The zero-order chi connectivity index (χ0) is 14.6. The monoisotopic (exact) mass is 292 g/mol. The summed E-state index contributed by atoms with van der Waals surface area (Å²) >= 11 is 0. The van der Waals surface area contributed by atoms with Gasteiger partial charge >= 0.3 is 0 Å². The molecule has 0 aromatic heterocycles. The summed E-state index contributed by atoms with van der Waals surface area (Å²) in [6, 6.07) is 1.95. The third-order valence-electron chi connectivity index (χ3n) is 2.06. The standard InChI is InChI=1S/C11H14F2N2O3S/c1-7(2)15-11(16)6-14-19(17,18)10-4-3-8(12)5-9(10)13/h3-5,7,14H,6H2,1-2H3,(H,15,16). The number of benzene rings is 1. The molecule has 19 heavy (non-hydrogen) atoms. The van der Waals surface area contributed by atoms with Crippen molar-refractivity contribution >= 4 is 15.9 Å². The van der Waals surface area contributed by atoms with Crippen molar-refractivity contribution in [2.75, 3.05) is 6.54 Å². The molecule has 8 heteroatoms. The van der Waals surface area contributed by atoms with Gasteiger partial charge in [-0.1, -0.05) is 0 Å². The summed E-state index contributed by atoms with van der Waals surface area (Å²) in [5.74, 6) is -2.63. The molecule has 0 heterocycles. The highest BCUT2D eigenvalue weighted by molar-refractivity contribution is 7.89. The minimum Gasteiger partial charge on any atom is -0.353 e. The van der Waals surface area contributed by atoms with Crippen LogP contribution in [0.1, 0.15) is 13.8 Å². The number of hydrogen-bond acceptors (Lipinski definition) is 3. The maximum atomic E-state index is 13.3. The number of halogens is 2. The fourth-order valence-electron chi connectivity index (χ4n) is 1.30. The van der Waals surface area contributed by atoms with Gasteiger partial charge in [0.15, 0.2) is 0 Å². The van der Waals surface area contributed by atoms with Crippen LogP contribution in [0.4, 0.5) is 8.78 Å². The Morgan fingerprint density at radius 2 is 1.95 bits per heavy atom. The summed E-state index contributed by atoms with van der Waals surface area (Å²) in [5.41, 5.74) is 0. The highest BCUT2D eigenvalue weighted by Gasteiger charge is 2.20. The molecule has 106 valence electrons. The molecule has 1 aromatic carbocycles. The smallest absolute Gasteiger partial charge is 0.243 e. The van der Waals surface area contributed by atoms with Crippen molar-refractivity contribution in [1.29, 1.82) is 0 Å². The van der Waals surface area contributed by atoms with Crippen molar-refractivity contribution in [3.05, 3.63) is 29.8 Å². The molecule has 0 aliphatic carbocycles. The predicted octanol–water partition coefficient (Wildman–Crippen LogP) is 0.768. The van der Waals surface area contributed by atoms with Gasteiger partial charge < -0.3 is 5.32 Å². The van der Waals surface area contributed by atoms with Crippen LogP contribution in [0.3, 0.4) is 0 Å². The van der Waals surface area contributed by atoms with Gasteiger partial charge in [0.25, 0.3) is 0 Å². The predicted molar refractivity (Wildman–Crippen MR) is 64.8 cm³/mol. The summed E-state index contributed by atoms with van der Waals surface area (Å²) in [5, 5.41) is 2.47. The Morgan fingerprint density at radius 3 is 2.47 bits per heavy atom.